The largest absolute Gasteiger partial charge is 0.497 e. The molecule has 5 nitrogen and oxygen atoms in total. The predicted molar refractivity (Wildman–Crippen MR) is 120 cm³/mol. The molecular weight excluding hydrogens is 398 g/mol. The highest BCUT2D eigenvalue weighted by Gasteiger charge is 2.11. The van der Waals surface area contributed by atoms with Crippen LogP contribution in [0.15, 0.2) is 60.7 Å². The maximum Gasteiger partial charge on any atom is 0.229 e. The van der Waals surface area contributed by atoms with Crippen molar-refractivity contribution in [3.05, 3.63) is 87.8 Å². The fraction of sp³-hybridized carbons (Fsp3) is 0.167. The van der Waals surface area contributed by atoms with Gasteiger partial charge in [-0.1, -0.05) is 30.3 Å². The Morgan fingerprint density at radius 3 is 2.63 bits per heavy atom. The van der Waals surface area contributed by atoms with E-state index in [4.69, 9.17) is 9.47 Å². The molecule has 0 atom stereocenters. The van der Waals surface area contributed by atoms with Crippen LogP contribution in [0, 0.1) is 0 Å². The molecule has 3 aromatic rings. The molecule has 0 fully saturated rings. The molecule has 1 N–H and O–H groups in total. The molecule has 0 aromatic heterocycles. The van der Waals surface area contributed by atoms with Gasteiger partial charge in [0.2, 0.25) is 10.0 Å². The molecule has 0 saturated carbocycles. The third kappa shape index (κ3) is 4.19. The highest BCUT2D eigenvalue weighted by atomic mass is 32.2. The quantitative estimate of drug-likeness (QED) is 0.703. The van der Waals surface area contributed by atoms with E-state index in [1.165, 1.54) is 0 Å². The van der Waals surface area contributed by atoms with Crippen molar-refractivity contribution in [2.24, 2.45) is 0 Å². The summed E-state index contributed by atoms with van der Waals surface area (Å²) in [6, 6.07) is 19.4. The number of anilines is 1. The standard InChI is InChI=1S/C24H23NO4S/c1-16(17-6-4-7-20(12-17)25-30(3,26)27)22-8-5-9-24-23(22)14-18-10-11-21(28-2)13-19(18)15-29-24/h4-14,25H,15H2,1-3H3. The first-order valence-corrected chi connectivity index (χ1v) is 11.4. The van der Waals surface area contributed by atoms with Crippen LogP contribution < -0.4 is 24.6 Å². The minimum atomic E-state index is -3.34. The molecular formula is C24H23NO4S. The van der Waals surface area contributed by atoms with Crippen molar-refractivity contribution in [2.45, 2.75) is 13.5 Å². The summed E-state index contributed by atoms with van der Waals surface area (Å²) in [5.41, 5.74) is 4.65. The van der Waals surface area contributed by atoms with Gasteiger partial charge in [0.05, 0.1) is 13.4 Å². The topological polar surface area (TPSA) is 64.6 Å². The van der Waals surface area contributed by atoms with Crippen molar-refractivity contribution >= 4 is 27.4 Å². The van der Waals surface area contributed by atoms with E-state index < -0.39 is 10.0 Å². The SMILES string of the molecule is COc1ccc2c(c1)COc1cccc(=C(C)c3cccc(NS(C)(=O)=O)c3)c1=C2. The molecule has 3 aromatic carbocycles. The molecule has 1 aliphatic rings. The van der Waals surface area contributed by atoms with Gasteiger partial charge in [0.15, 0.2) is 0 Å². The van der Waals surface area contributed by atoms with Gasteiger partial charge < -0.3 is 9.47 Å². The van der Waals surface area contributed by atoms with Crippen LogP contribution in [-0.4, -0.2) is 21.8 Å². The van der Waals surface area contributed by atoms with Crippen LogP contribution in [0.2, 0.25) is 0 Å². The molecule has 0 spiro atoms. The van der Waals surface area contributed by atoms with Gasteiger partial charge in [-0.25, -0.2) is 8.42 Å². The minimum Gasteiger partial charge on any atom is -0.497 e. The molecule has 0 saturated heterocycles. The lowest BCUT2D eigenvalue weighted by atomic mass is 10.0. The second-order valence-electron chi connectivity index (χ2n) is 7.30. The van der Waals surface area contributed by atoms with Gasteiger partial charge in [-0.05, 0) is 65.3 Å². The molecule has 154 valence electrons. The van der Waals surface area contributed by atoms with Crippen LogP contribution in [0.1, 0.15) is 23.6 Å². The molecule has 0 bridgehead atoms. The monoisotopic (exact) mass is 421 g/mol. The van der Waals surface area contributed by atoms with Gasteiger partial charge in [0.1, 0.15) is 18.1 Å². The average Bonchev–Trinajstić information content (AvgIpc) is 2.90. The summed E-state index contributed by atoms with van der Waals surface area (Å²) in [4.78, 5) is 0. The van der Waals surface area contributed by atoms with Crippen molar-refractivity contribution in [2.75, 3.05) is 18.1 Å². The van der Waals surface area contributed by atoms with Gasteiger partial charge in [0.25, 0.3) is 0 Å². The normalized spacial score (nSPS) is 13.7. The number of ether oxygens (including phenoxy) is 2. The van der Waals surface area contributed by atoms with Gasteiger partial charge in [-0.2, -0.15) is 0 Å². The first kappa shape index (κ1) is 20.0. The molecule has 0 amide bonds. The van der Waals surface area contributed by atoms with E-state index in [-0.39, 0.29) is 0 Å². The van der Waals surface area contributed by atoms with Crippen LogP contribution >= 0.6 is 0 Å². The van der Waals surface area contributed by atoms with Crippen LogP contribution in [0.5, 0.6) is 11.5 Å². The summed E-state index contributed by atoms with van der Waals surface area (Å²) in [5, 5.41) is 2.04. The Hall–Kier alpha value is -3.25. The zero-order chi connectivity index (χ0) is 21.3. The summed E-state index contributed by atoms with van der Waals surface area (Å²) in [6.45, 7) is 2.50. The van der Waals surface area contributed by atoms with E-state index in [1.54, 1.807) is 13.2 Å². The molecule has 0 unspecified atom stereocenters. The number of benzene rings is 3. The number of nitrogens with one attached hydrogen (secondary N) is 1. The van der Waals surface area contributed by atoms with E-state index in [0.717, 1.165) is 50.5 Å². The lowest BCUT2D eigenvalue weighted by Gasteiger charge is -2.09. The first-order valence-electron chi connectivity index (χ1n) is 9.54. The number of methoxy groups -OCH3 is 1. The Morgan fingerprint density at radius 1 is 1.07 bits per heavy atom. The highest BCUT2D eigenvalue weighted by Crippen LogP contribution is 2.22. The predicted octanol–water partition coefficient (Wildman–Crippen LogP) is 3.01. The fourth-order valence-electron chi connectivity index (χ4n) is 3.62. The smallest absolute Gasteiger partial charge is 0.229 e. The second-order valence-corrected chi connectivity index (χ2v) is 9.04. The average molecular weight is 422 g/mol. The number of rotatable bonds is 4. The van der Waals surface area contributed by atoms with Crippen molar-refractivity contribution < 1.29 is 17.9 Å². The number of hydrogen-bond donors (Lipinski definition) is 1. The van der Waals surface area contributed by atoms with E-state index in [1.807, 2.05) is 55.5 Å². The molecule has 1 aliphatic heterocycles. The number of fused-ring (bicyclic) bond motifs is 2. The lowest BCUT2D eigenvalue weighted by Crippen LogP contribution is -2.28. The Kier molecular flexibility index (Phi) is 5.26. The van der Waals surface area contributed by atoms with Crippen LogP contribution in [0.4, 0.5) is 5.69 Å². The van der Waals surface area contributed by atoms with Crippen LogP contribution in [0.3, 0.4) is 0 Å². The summed E-state index contributed by atoms with van der Waals surface area (Å²) in [7, 11) is -1.68. The molecule has 0 radical (unpaired) electrons. The summed E-state index contributed by atoms with van der Waals surface area (Å²) >= 11 is 0. The maximum absolute atomic E-state index is 11.6. The third-order valence-corrected chi connectivity index (χ3v) is 5.71. The molecule has 30 heavy (non-hydrogen) atoms. The van der Waals surface area contributed by atoms with Gasteiger partial charge >= 0.3 is 0 Å². The van der Waals surface area contributed by atoms with E-state index in [2.05, 4.69) is 16.9 Å². The van der Waals surface area contributed by atoms with Crippen LogP contribution in [-0.2, 0) is 16.6 Å². The van der Waals surface area contributed by atoms with Crippen LogP contribution in [0.25, 0.3) is 11.6 Å². The third-order valence-electron chi connectivity index (χ3n) is 5.10. The summed E-state index contributed by atoms with van der Waals surface area (Å²) in [6.07, 6.45) is 3.28. The molecule has 4 rings (SSSR count). The lowest BCUT2D eigenvalue weighted by molar-refractivity contribution is 0.304. The van der Waals surface area contributed by atoms with E-state index in [9.17, 15) is 8.42 Å². The van der Waals surface area contributed by atoms with E-state index >= 15 is 0 Å². The van der Waals surface area contributed by atoms with Gasteiger partial charge in [-0.3, -0.25) is 4.72 Å². The second kappa shape index (κ2) is 7.88. The zero-order valence-electron chi connectivity index (χ0n) is 17.1. The maximum atomic E-state index is 11.6. The number of sulfonamides is 1. The molecule has 0 aliphatic carbocycles. The van der Waals surface area contributed by atoms with Crippen molar-refractivity contribution in [3.8, 4) is 11.5 Å². The van der Waals surface area contributed by atoms with Crippen molar-refractivity contribution in [1.82, 2.24) is 0 Å². The van der Waals surface area contributed by atoms with E-state index in [0.29, 0.717) is 12.3 Å². The van der Waals surface area contributed by atoms with Gasteiger partial charge in [-0.15, -0.1) is 0 Å². The fourth-order valence-corrected chi connectivity index (χ4v) is 4.17. The highest BCUT2D eigenvalue weighted by molar-refractivity contribution is 7.92. The molecule has 1 heterocycles. The number of hydrogen-bond acceptors (Lipinski definition) is 4. The minimum absolute atomic E-state index is 0.465. The Bertz CT molecular complexity index is 1340. The van der Waals surface area contributed by atoms with Gasteiger partial charge in [0, 0.05) is 16.5 Å². The zero-order valence-corrected chi connectivity index (χ0v) is 17.9. The first-order chi connectivity index (χ1) is 14.3. The summed E-state index contributed by atoms with van der Waals surface area (Å²) in [5.74, 6) is 1.61. The van der Waals surface area contributed by atoms with Crippen molar-refractivity contribution in [3.63, 3.8) is 0 Å². The van der Waals surface area contributed by atoms with Crippen molar-refractivity contribution in [1.29, 1.82) is 0 Å². The molecule has 6 heteroatoms. The Labute approximate surface area is 176 Å². The summed E-state index contributed by atoms with van der Waals surface area (Å²) < 4.78 is 37.2. The Morgan fingerprint density at radius 2 is 1.87 bits per heavy atom. The Balaban J connectivity index is 1.90.